The molecule has 2 aromatic carbocycles. The molecule has 0 atom stereocenters. The van der Waals surface area contributed by atoms with Gasteiger partial charge in [0.25, 0.3) is 0 Å². The molecule has 1 aliphatic heterocycles. The van der Waals surface area contributed by atoms with E-state index in [0.717, 1.165) is 0 Å². The van der Waals surface area contributed by atoms with Gasteiger partial charge in [0, 0.05) is 51.9 Å². The first-order chi connectivity index (χ1) is 17.7. The van der Waals surface area contributed by atoms with Crippen molar-refractivity contribution in [2.24, 2.45) is 0 Å². The number of ketones is 2. The Morgan fingerprint density at radius 2 is 1.49 bits per heavy atom. The Hall–Kier alpha value is -3.43. The molecule has 37 heavy (non-hydrogen) atoms. The number of benzene rings is 2. The molecule has 0 saturated carbocycles. The lowest BCUT2D eigenvalue weighted by Gasteiger charge is -2.43. The molecule has 0 fully saturated rings. The maximum absolute atomic E-state index is 13.3. The van der Waals surface area contributed by atoms with E-state index < -0.39 is 22.0 Å². The number of carbonyl (C=O) groups is 3. The normalized spacial score (nSPS) is 18.6. The number of aliphatic carboxylic acids is 1. The average molecular weight is 542 g/mol. The van der Waals surface area contributed by atoms with Crippen molar-refractivity contribution in [2.75, 3.05) is 6.54 Å². The minimum Gasteiger partial charge on any atom is -0.480 e. The lowest BCUT2D eigenvalue weighted by Crippen LogP contribution is -2.41. The van der Waals surface area contributed by atoms with Crippen molar-refractivity contribution in [2.45, 2.75) is 49.3 Å². The fraction of sp³-hybridized carbons (Fsp3) is 0.296. The topological polar surface area (TPSA) is 118 Å². The van der Waals surface area contributed by atoms with Crippen molar-refractivity contribution < 1.29 is 32.1 Å². The summed E-state index contributed by atoms with van der Waals surface area (Å²) in [5.41, 5.74) is 2.25. The van der Waals surface area contributed by atoms with Crippen molar-refractivity contribution in [1.29, 1.82) is 0 Å². The molecule has 8 nitrogen and oxygen atoms in total. The van der Waals surface area contributed by atoms with E-state index in [4.69, 9.17) is 15.8 Å². The van der Waals surface area contributed by atoms with Gasteiger partial charge < -0.3 is 14.2 Å². The van der Waals surface area contributed by atoms with E-state index in [2.05, 4.69) is 0 Å². The van der Waals surface area contributed by atoms with Gasteiger partial charge in [0.15, 0.2) is 11.6 Å². The zero-order valence-corrected chi connectivity index (χ0v) is 21.3. The Morgan fingerprint density at radius 3 is 2.05 bits per heavy atom. The van der Waals surface area contributed by atoms with E-state index >= 15 is 0 Å². The number of Topliss-reactive ketones (excluding diaryl/α,β-unsaturated/α-hetero) is 2. The van der Waals surface area contributed by atoms with Crippen LogP contribution in [0.15, 0.2) is 76.0 Å². The Morgan fingerprint density at radius 1 is 0.919 bits per heavy atom. The molecule has 0 unspecified atom stereocenters. The summed E-state index contributed by atoms with van der Waals surface area (Å²) in [4.78, 5) is 39.9. The highest BCUT2D eigenvalue weighted by atomic mass is 35.5. The number of carbonyl (C=O) groups excluding carboxylic acids is 2. The van der Waals surface area contributed by atoms with Crippen molar-refractivity contribution in [3.05, 3.63) is 81.7 Å². The number of hydrogen-bond acceptors (Lipinski definition) is 7. The summed E-state index contributed by atoms with van der Waals surface area (Å²) in [5.74, 6) is -2.26. The second kappa shape index (κ2) is 9.79. The van der Waals surface area contributed by atoms with E-state index in [0.29, 0.717) is 58.8 Å². The van der Waals surface area contributed by atoms with E-state index in [1.54, 1.807) is 23.1 Å². The fourth-order valence-corrected chi connectivity index (χ4v) is 6.50. The van der Waals surface area contributed by atoms with Gasteiger partial charge in [-0.05, 0) is 56.0 Å². The molecular weight excluding hydrogens is 518 g/mol. The van der Waals surface area contributed by atoms with Crippen LogP contribution in [0.2, 0.25) is 5.02 Å². The van der Waals surface area contributed by atoms with Gasteiger partial charge in [-0.2, -0.15) is 8.42 Å². The second-order valence-corrected chi connectivity index (χ2v) is 11.2. The average Bonchev–Trinajstić information content (AvgIpc) is 2.85. The SMILES string of the molecule is O=C(O)CN1C2=C(C(=O)CCC2)C(c2ccccc2OS(=O)(=O)c2ccc(Cl)cc2)C2=C1CCCC2=O. The highest BCUT2D eigenvalue weighted by Gasteiger charge is 2.44. The third-order valence-electron chi connectivity index (χ3n) is 6.91. The molecule has 2 aromatic rings. The first kappa shape index (κ1) is 25.2. The number of carboxylic acid groups (broad SMARTS) is 1. The fourth-order valence-electron chi connectivity index (χ4n) is 5.42. The van der Waals surface area contributed by atoms with Crippen molar-refractivity contribution in [3.8, 4) is 5.75 Å². The monoisotopic (exact) mass is 541 g/mol. The van der Waals surface area contributed by atoms with Gasteiger partial charge in [-0.25, -0.2) is 0 Å². The molecule has 1 heterocycles. The Bertz CT molecular complexity index is 1430. The molecular formula is C27H24ClNO7S. The van der Waals surface area contributed by atoms with Crippen LogP contribution in [0, 0.1) is 0 Å². The molecule has 192 valence electrons. The first-order valence-corrected chi connectivity index (χ1v) is 13.8. The van der Waals surface area contributed by atoms with E-state index in [-0.39, 0.29) is 41.6 Å². The summed E-state index contributed by atoms with van der Waals surface area (Å²) < 4.78 is 31.8. The predicted octanol–water partition coefficient (Wildman–Crippen LogP) is 4.61. The Kier molecular flexibility index (Phi) is 6.68. The van der Waals surface area contributed by atoms with Gasteiger partial charge in [-0.15, -0.1) is 0 Å². The molecule has 2 aliphatic carbocycles. The van der Waals surface area contributed by atoms with Gasteiger partial charge in [-0.3, -0.25) is 14.4 Å². The number of para-hydroxylation sites is 1. The minimum atomic E-state index is -4.25. The highest BCUT2D eigenvalue weighted by molar-refractivity contribution is 7.87. The van der Waals surface area contributed by atoms with Crippen LogP contribution in [-0.2, 0) is 24.5 Å². The summed E-state index contributed by atoms with van der Waals surface area (Å²) >= 11 is 5.90. The minimum absolute atomic E-state index is 0.00424. The predicted molar refractivity (Wildman–Crippen MR) is 135 cm³/mol. The third-order valence-corrected chi connectivity index (χ3v) is 8.41. The standard InChI is InChI=1S/C27H24ClNO7S/c28-16-11-13-17(14-12-16)37(34,35)36-23-10-2-1-5-18(23)25-26-19(6-3-8-21(26)30)29(15-24(32)33)20-7-4-9-22(31)27(20)25/h1-2,5,10-14,25H,3-4,6-9,15H2,(H,32,33). The third kappa shape index (κ3) is 4.69. The van der Waals surface area contributed by atoms with Crippen molar-refractivity contribution in [3.63, 3.8) is 0 Å². The van der Waals surface area contributed by atoms with Gasteiger partial charge in [0.1, 0.15) is 17.2 Å². The summed E-state index contributed by atoms with van der Waals surface area (Å²) in [6.45, 7) is -0.353. The van der Waals surface area contributed by atoms with Crippen molar-refractivity contribution >= 4 is 39.3 Å². The Balaban J connectivity index is 1.68. The summed E-state index contributed by atoms with van der Waals surface area (Å²) in [6.07, 6.45) is 2.64. The molecule has 1 N–H and O–H groups in total. The van der Waals surface area contributed by atoms with Gasteiger partial charge in [0.2, 0.25) is 0 Å². The van der Waals surface area contributed by atoms with E-state index in [1.165, 1.54) is 30.3 Å². The van der Waals surface area contributed by atoms with Crippen LogP contribution in [0.5, 0.6) is 5.75 Å². The second-order valence-electron chi connectivity index (χ2n) is 9.22. The summed E-state index contributed by atoms with van der Waals surface area (Å²) in [5, 5.41) is 9.98. The van der Waals surface area contributed by atoms with Crippen LogP contribution in [0.1, 0.15) is 50.0 Å². The van der Waals surface area contributed by atoms with E-state index in [1.807, 2.05) is 0 Å². The molecule has 3 aliphatic rings. The van der Waals surface area contributed by atoms with Crippen LogP contribution < -0.4 is 4.18 Å². The molecule has 0 radical (unpaired) electrons. The number of hydrogen-bond donors (Lipinski definition) is 1. The van der Waals surface area contributed by atoms with Crippen LogP contribution in [0.4, 0.5) is 0 Å². The number of halogens is 1. The molecule has 10 heteroatoms. The van der Waals surface area contributed by atoms with Crippen molar-refractivity contribution in [1.82, 2.24) is 4.90 Å². The van der Waals surface area contributed by atoms with Crippen LogP contribution in [0.3, 0.4) is 0 Å². The molecule has 0 saturated heterocycles. The van der Waals surface area contributed by atoms with E-state index in [9.17, 15) is 27.9 Å². The maximum Gasteiger partial charge on any atom is 0.339 e. The number of allylic oxidation sites excluding steroid dienone is 4. The zero-order chi connectivity index (χ0) is 26.3. The van der Waals surface area contributed by atoms with Crippen LogP contribution >= 0.6 is 11.6 Å². The van der Waals surface area contributed by atoms with Gasteiger partial charge in [-0.1, -0.05) is 29.8 Å². The largest absolute Gasteiger partial charge is 0.480 e. The summed E-state index contributed by atoms with van der Waals surface area (Å²) in [6, 6.07) is 12.0. The summed E-state index contributed by atoms with van der Waals surface area (Å²) in [7, 11) is -4.25. The maximum atomic E-state index is 13.3. The molecule has 0 amide bonds. The lowest BCUT2D eigenvalue weighted by atomic mass is 9.70. The number of carboxylic acids is 1. The van der Waals surface area contributed by atoms with Gasteiger partial charge in [0.05, 0.1) is 0 Å². The number of nitrogens with zero attached hydrogens (tertiary/aromatic N) is 1. The molecule has 0 bridgehead atoms. The molecule has 5 rings (SSSR count). The van der Waals surface area contributed by atoms with Gasteiger partial charge >= 0.3 is 16.1 Å². The first-order valence-electron chi connectivity index (χ1n) is 12.0. The smallest absolute Gasteiger partial charge is 0.339 e. The molecule has 0 spiro atoms. The highest BCUT2D eigenvalue weighted by Crippen LogP contribution is 2.50. The quantitative estimate of drug-likeness (QED) is 0.527. The van der Waals surface area contributed by atoms with Crippen LogP contribution in [0.25, 0.3) is 0 Å². The number of rotatable bonds is 6. The van der Waals surface area contributed by atoms with Crippen LogP contribution in [-0.4, -0.2) is 42.5 Å². The lowest BCUT2D eigenvalue weighted by molar-refractivity contribution is -0.138. The zero-order valence-electron chi connectivity index (χ0n) is 19.8. The Labute approximate surface area is 219 Å². The molecule has 0 aromatic heterocycles.